The highest BCUT2D eigenvalue weighted by atomic mass is 28.2. The van der Waals surface area contributed by atoms with E-state index in [1.54, 1.807) is 12.4 Å². The summed E-state index contributed by atoms with van der Waals surface area (Å²) in [5.74, 6) is 0. The van der Waals surface area contributed by atoms with Gasteiger partial charge in [-0.1, -0.05) is 71.0 Å². The number of aromatic nitrogens is 2. The van der Waals surface area contributed by atoms with Crippen LogP contribution in [0, 0.1) is 0 Å². The van der Waals surface area contributed by atoms with Crippen molar-refractivity contribution < 1.29 is 0 Å². The summed E-state index contributed by atoms with van der Waals surface area (Å²) in [7, 11) is -0.457. The van der Waals surface area contributed by atoms with Gasteiger partial charge in [0.05, 0.1) is 9.52 Å². The molecule has 0 spiro atoms. The summed E-state index contributed by atoms with van der Waals surface area (Å²) in [6, 6.07) is 25.9. The van der Waals surface area contributed by atoms with Crippen molar-refractivity contribution in [3.05, 3.63) is 97.6 Å². The standard InChI is InChI=1S/C22H18N2Si/c1-3-19(15-23-13-1)17-5-9-21(10-6-17)25-22-11-7-18(8-12-22)20-4-2-14-24-16-20/h1-16H,25H2. The highest BCUT2D eigenvalue weighted by Gasteiger charge is 2.02. The number of pyridine rings is 2. The Hall–Kier alpha value is -3.04. The number of benzene rings is 2. The summed E-state index contributed by atoms with van der Waals surface area (Å²) in [6.07, 6.45) is 7.42. The topological polar surface area (TPSA) is 25.8 Å². The van der Waals surface area contributed by atoms with Crippen molar-refractivity contribution in [1.29, 1.82) is 0 Å². The molecule has 4 aromatic rings. The van der Waals surface area contributed by atoms with E-state index in [0.29, 0.717) is 0 Å². The summed E-state index contributed by atoms with van der Waals surface area (Å²) < 4.78 is 0. The molecule has 120 valence electrons. The summed E-state index contributed by atoms with van der Waals surface area (Å²) in [4.78, 5) is 8.38. The maximum Gasteiger partial charge on any atom is 0.0875 e. The Morgan fingerprint density at radius 3 is 1.28 bits per heavy atom. The third-order valence-corrected chi connectivity index (χ3v) is 6.07. The molecule has 0 fully saturated rings. The number of rotatable bonds is 4. The Labute approximate surface area is 150 Å². The molecule has 2 aromatic heterocycles. The SMILES string of the molecule is c1cncc(-c2ccc([SiH2]c3ccc(-c4cccnc4)cc3)cc2)c1. The molecule has 0 N–H and O–H groups in total. The number of hydrogen-bond acceptors (Lipinski definition) is 2. The first-order valence-electron chi connectivity index (χ1n) is 8.37. The van der Waals surface area contributed by atoms with Crippen LogP contribution in [0.5, 0.6) is 0 Å². The van der Waals surface area contributed by atoms with Gasteiger partial charge in [0.15, 0.2) is 0 Å². The third kappa shape index (κ3) is 3.73. The van der Waals surface area contributed by atoms with Crippen LogP contribution in [0.15, 0.2) is 97.6 Å². The summed E-state index contributed by atoms with van der Waals surface area (Å²) in [5, 5.41) is 2.89. The predicted octanol–water partition coefficient (Wildman–Crippen LogP) is 2.93. The van der Waals surface area contributed by atoms with E-state index in [2.05, 4.69) is 70.6 Å². The molecule has 0 radical (unpaired) electrons. The minimum atomic E-state index is -0.457. The van der Waals surface area contributed by atoms with Gasteiger partial charge >= 0.3 is 0 Å². The lowest BCUT2D eigenvalue weighted by Gasteiger charge is -2.06. The van der Waals surface area contributed by atoms with Crippen molar-refractivity contribution >= 4 is 19.9 Å². The Morgan fingerprint density at radius 1 is 0.480 bits per heavy atom. The van der Waals surface area contributed by atoms with Crippen LogP contribution < -0.4 is 10.4 Å². The monoisotopic (exact) mass is 338 g/mol. The average molecular weight is 338 g/mol. The number of hydrogen-bond donors (Lipinski definition) is 0. The van der Waals surface area contributed by atoms with Gasteiger partial charge in [-0.2, -0.15) is 0 Å². The maximum atomic E-state index is 4.19. The van der Waals surface area contributed by atoms with Gasteiger partial charge in [0.25, 0.3) is 0 Å². The first-order chi connectivity index (χ1) is 12.4. The highest BCUT2D eigenvalue weighted by molar-refractivity contribution is 6.67. The second kappa shape index (κ2) is 7.24. The summed E-state index contributed by atoms with van der Waals surface area (Å²) in [6.45, 7) is 0. The minimum Gasteiger partial charge on any atom is -0.264 e. The van der Waals surface area contributed by atoms with Gasteiger partial charge in [-0.05, 0) is 34.4 Å². The van der Waals surface area contributed by atoms with E-state index < -0.39 is 9.52 Å². The largest absolute Gasteiger partial charge is 0.264 e. The molecule has 25 heavy (non-hydrogen) atoms. The van der Waals surface area contributed by atoms with Crippen molar-refractivity contribution in [3.8, 4) is 22.3 Å². The van der Waals surface area contributed by atoms with Gasteiger partial charge < -0.3 is 0 Å². The van der Waals surface area contributed by atoms with Crippen molar-refractivity contribution in [2.24, 2.45) is 0 Å². The second-order valence-corrected chi connectivity index (χ2v) is 8.04. The normalized spacial score (nSPS) is 10.6. The molecule has 0 aliphatic heterocycles. The molecule has 0 atom stereocenters. The summed E-state index contributed by atoms with van der Waals surface area (Å²) >= 11 is 0. The predicted molar refractivity (Wildman–Crippen MR) is 107 cm³/mol. The van der Waals surface area contributed by atoms with Crippen molar-refractivity contribution in [3.63, 3.8) is 0 Å². The lowest BCUT2D eigenvalue weighted by atomic mass is 10.1. The van der Waals surface area contributed by atoms with E-state index in [1.807, 2.05) is 24.5 Å². The van der Waals surface area contributed by atoms with Crippen LogP contribution in [0.1, 0.15) is 0 Å². The third-order valence-electron chi connectivity index (χ3n) is 4.31. The molecular formula is C22H18N2Si. The zero-order valence-electron chi connectivity index (χ0n) is 13.8. The fraction of sp³-hybridized carbons (Fsp3) is 0. The molecule has 4 rings (SSSR count). The highest BCUT2D eigenvalue weighted by Crippen LogP contribution is 2.17. The average Bonchev–Trinajstić information content (AvgIpc) is 2.71. The van der Waals surface area contributed by atoms with E-state index in [-0.39, 0.29) is 0 Å². The lowest BCUT2D eigenvalue weighted by molar-refractivity contribution is 1.33. The van der Waals surface area contributed by atoms with Gasteiger partial charge in [-0.3, -0.25) is 9.97 Å². The molecule has 0 amide bonds. The second-order valence-electron chi connectivity index (χ2n) is 6.05. The van der Waals surface area contributed by atoms with Crippen molar-refractivity contribution in [1.82, 2.24) is 9.97 Å². The molecule has 0 unspecified atom stereocenters. The Bertz CT molecular complexity index is 854. The van der Waals surface area contributed by atoms with E-state index in [1.165, 1.54) is 21.5 Å². The molecule has 0 saturated carbocycles. The first-order valence-corrected chi connectivity index (χ1v) is 9.78. The van der Waals surface area contributed by atoms with E-state index >= 15 is 0 Å². The van der Waals surface area contributed by atoms with Crippen LogP contribution in [0.2, 0.25) is 0 Å². The fourth-order valence-electron chi connectivity index (χ4n) is 2.93. The number of nitrogens with zero attached hydrogens (tertiary/aromatic N) is 2. The fourth-order valence-corrected chi connectivity index (χ4v) is 4.35. The Kier molecular flexibility index (Phi) is 4.48. The molecule has 2 heterocycles. The molecular weight excluding hydrogens is 320 g/mol. The molecule has 0 aliphatic carbocycles. The molecule has 3 heteroatoms. The van der Waals surface area contributed by atoms with Gasteiger partial charge in [-0.15, -0.1) is 0 Å². The molecule has 2 aromatic carbocycles. The van der Waals surface area contributed by atoms with Crippen LogP contribution in [-0.2, 0) is 0 Å². The van der Waals surface area contributed by atoms with E-state index in [9.17, 15) is 0 Å². The molecule has 0 aliphatic rings. The zero-order valence-corrected chi connectivity index (χ0v) is 15.3. The van der Waals surface area contributed by atoms with Gasteiger partial charge in [0.2, 0.25) is 0 Å². The van der Waals surface area contributed by atoms with Crippen molar-refractivity contribution in [2.75, 3.05) is 0 Å². The van der Waals surface area contributed by atoms with Crippen LogP contribution in [0.3, 0.4) is 0 Å². The van der Waals surface area contributed by atoms with Crippen LogP contribution >= 0.6 is 0 Å². The van der Waals surface area contributed by atoms with E-state index in [0.717, 1.165) is 11.1 Å². The maximum absolute atomic E-state index is 4.19. The Morgan fingerprint density at radius 2 is 0.920 bits per heavy atom. The van der Waals surface area contributed by atoms with E-state index in [4.69, 9.17) is 0 Å². The smallest absolute Gasteiger partial charge is 0.0875 e. The van der Waals surface area contributed by atoms with Crippen LogP contribution in [0.25, 0.3) is 22.3 Å². The zero-order chi connectivity index (χ0) is 16.9. The van der Waals surface area contributed by atoms with Crippen molar-refractivity contribution in [2.45, 2.75) is 0 Å². The quantitative estimate of drug-likeness (QED) is 0.535. The lowest BCUT2D eigenvalue weighted by Crippen LogP contribution is -2.26. The summed E-state index contributed by atoms with van der Waals surface area (Å²) in [5.41, 5.74) is 4.77. The molecule has 2 nitrogen and oxygen atoms in total. The van der Waals surface area contributed by atoms with Gasteiger partial charge in [0.1, 0.15) is 0 Å². The minimum absolute atomic E-state index is 0.457. The van der Waals surface area contributed by atoms with Crippen LogP contribution in [0.4, 0.5) is 0 Å². The molecule has 0 saturated heterocycles. The molecule has 0 bridgehead atoms. The van der Waals surface area contributed by atoms with Crippen LogP contribution in [-0.4, -0.2) is 19.5 Å². The van der Waals surface area contributed by atoms with Gasteiger partial charge in [-0.25, -0.2) is 0 Å². The van der Waals surface area contributed by atoms with Gasteiger partial charge in [0, 0.05) is 24.8 Å². The first kappa shape index (κ1) is 15.5. The Balaban J connectivity index is 1.49.